The van der Waals surface area contributed by atoms with Crippen molar-refractivity contribution in [3.63, 3.8) is 0 Å². The minimum absolute atomic E-state index is 0.238. The van der Waals surface area contributed by atoms with Crippen molar-refractivity contribution in [2.75, 3.05) is 7.11 Å². The molecule has 6 rings (SSSR count). The zero-order valence-corrected chi connectivity index (χ0v) is 20.7. The van der Waals surface area contributed by atoms with Crippen LogP contribution in [-0.4, -0.2) is 39.3 Å². The van der Waals surface area contributed by atoms with Crippen LogP contribution in [0.3, 0.4) is 0 Å². The number of ether oxygens (including phenoxy) is 1. The molecule has 7 heteroatoms. The first-order chi connectivity index (χ1) is 18.6. The topological polar surface area (TPSA) is 101 Å². The van der Waals surface area contributed by atoms with E-state index < -0.39 is 0 Å². The van der Waals surface area contributed by atoms with E-state index in [0.717, 1.165) is 67.8 Å². The number of aldehydes is 1. The Bertz CT molecular complexity index is 1810. The zero-order valence-electron chi connectivity index (χ0n) is 20.7. The van der Waals surface area contributed by atoms with Gasteiger partial charge in [-0.05, 0) is 84.3 Å². The van der Waals surface area contributed by atoms with E-state index in [-0.39, 0.29) is 12.4 Å². The lowest BCUT2D eigenvalue weighted by atomic mass is 9.99. The van der Waals surface area contributed by atoms with Crippen LogP contribution in [0.2, 0.25) is 0 Å². The quantitative estimate of drug-likeness (QED) is 0.216. The number of methoxy groups -OCH3 is 1. The minimum Gasteiger partial charge on any atom is -0.469 e. The second-order valence-electron chi connectivity index (χ2n) is 9.17. The van der Waals surface area contributed by atoms with Crippen molar-refractivity contribution in [1.82, 2.24) is 19.9 Å². The van der Waals surface area contributed by atoms with E-state index in [1.165, 1.54) is 7.11 Å². The molecule has 0 unspecified atom stereocenters. The van der Waals surface area contributed by atoms with Crippen LogP contribution in [0.1, 0.15) is 45.1 Å². The summed E-state index contributed by atoms with van der Waals surface area (Å²) < 4.78 is 4.90. The van der Waals surface area contributed by atoms with Crippen LogP contribution < -0.4 is 0 Å². The van der Waals surface area contributed by atoms with E-state index in [2.05, 4.69) is 9.97 Å². The fourth-order valence-corrected chi connectivity index (χ4v) is 4.77. The molecule has 1 aromatic carbocycles. The first-order valence-corrected chi connectivity index (χ1v) is 12.3. The Morgan fingerprint density at radius 3 is 2.42 bits per heavy atom. The highest BCUT2D eigenvalue weighted by molar-refractivity contribution is 5.94. The summed E-state index contributed by atoms with van der Waals surface area (Å²) in [5.41, 5.74) is 9.98. The van der Waals surface area contributed by atoms with Crippen molar-refractivity contribution in [3.8, 4) is 11.1 Å². The summed E-state index contributed by atoms with van der Waals surface area (Å²) in [6.07, 6.45) is 9.42. The fourth-order valence-electron chi connectivity index (χ4n) is 4.77. The van der Waals surface area contributed by atoms with E-state index in [0.29, 0.717) is 12.0 Å². The lowest BCUT2D eigenvalue weighted by Gasteiger charge is -2.07. The highest BCUT2D eigenvalue weighted by Crippen LogP contribution is 2.33. The average Bonchev–Trinajstić information content (AvgIpc) is 3.73. The van der Waals surface area contributed by atoms with Gasteiger partial charge in [-0.1, -0.05) is 18.2 Å². The van der Waals surface area contributed by atoms with Crippen LogP contribution in [0.15, 0.2) is 60.7 Å². The SMILES string of the molecule is COC(=O)CCc1cc2cc3ccc(cc4nc(cc5nc(c(-c6cccc(C=O)c6)c1[nH]2)C=C5)C=C4)[nH]3. The number of hydrogen-bond donors (Lipinski definition) is 2. The number of H-pyrrole nitrogens is 2. The van der Waals surface area contributed by atoms with Crippen molar-refractivity contribution >= 4 is 58.6 Å². The van der Waals surface area contributed by atoms with Gasteiger partial charge >= 0.3 is 5.97 Å². The Morgan fingerprint density at radius 2 is 1.61 bits per heavy atom. The lowest BCUT2D eigenvalue weighted by Crippen LogP contribution is -2.01. The second kappa shape index (κ2) is 9.78. The molecule has 186 valence electrons. The van der Waals surface area contributed by atoms with Crippen LogP contribution in [-0.2, 0) is 16.0 Å². The maximum atomic E-state index is 12.0. The summed E-state index contributed by atoms with van der Waals surface area (Å²) >= 11 is 0. The maximum Gasteiger partial charge on any atom is 0.305 e. The Labute approximate surface area is 218 Å². The number of carbonyl (C=O) groups is 2. The van der Waals surface area contributed by atoms with E-state index in [9.17, 15) is 9.59 Å². The summed E-state index contributed by atoms with van der Waals surface area (Å²) in [7, 11) is 1.39. The normalized spacial score (nSPS) is 12.0. The van der Waals surface area contributed by atoms with E-state index >= 15 is 0 Å². The minimum atomic E-state index is -0.278. The predicted octanol–water partition coefficient (Wildman–Crippen LogP) is 6.24. The molecule has 0 saturated heterocycles. The number of esters is 1. The standard InChI is InChI=1S/C31H24N4O3/c1-38-29(37)12-5-21-14-27-17-25-9-8-23(33-25)15-22-6-7-24(32-22)16-26-10-11-28(34-26)30(31(21)35-27)20-4-2-3-19(13-20)18-36/h2-4,6-11,13-18,33,35H,5,12H2,1H3. The smallest absolute Gasteiger partial charge is 0.305 e. The van der Waals surface area contributed by atoms with Gasteiger partial charge in [0, 0.05) is 34.1 Å². The van der Waals surface area contributed by atoms with Gasteiger partial charge in [0.1, 0.15) is 6.29 Å². The van der Waals surface area contributed by atoms with E-state index in [4.69, 9.17) is 14.7 Å². The summed E-state index contributed by atoms with van der Waals surface area (Å²) in [6, 6.07) is 19.5. The molecular formula is C31H24N4O3. The van der Waals surface area contributed by atoms with Gasteiger partial charge in [-0.2, -0.15) is 0 Å². The number of benzene rings is 1. The maximum absolute atomic E-state index is 12.0. The monoisotopic (exact) mass is 500 g/mol. The first-order valence-electron chi connectivity index (χ1n) is 12.3. The average molecular weight is 501 g/mol. The molecule has 8 bridgehead atoms. The van der Waals surface area contributed by atoms with E-state index in [1.807, 2.05) is 78.9 Å². The number of aromatic nitrogens is 4. The van der Waals surface area contributed by atoms with Crippen molar-refractivity contribution in [3.05, 3.63) is 94.6 Å². The Morgan fingerprint density at radius 1 is 0.842 bits per heavy atom. The Balaban J connectivity index is 1.71. The van der Waals surface area contributed by atoms with Gasteiger partial charge in [-0.15, -0.1) is 0 Å². The molecule has 0 spiro atoms. The van der Waals surface area contributed by atoms with E-state index in [1.54, 1.807) is 6.07 Å². The van der Waals surface area contributed by atoms with Crippen LogP contribution in [0.4, 0.5) is 0 Å². The molecule has 5 heterocycles. The van der Waals surface area contributed by atoms with Gasteiger partial charge in [0.15, 0.2) is 0 Å². The molecule has 0 fully saturated rings. The number of hydrogen-bond acceptors (Lipinski definition) is 5. The van der Waals surface area contributed by atoms with Gasteiger partial charge in [0.25, 0.3) is 0 Å². The second-order valence-corrected chi connectivity index (χ2v) is 9.17. The number of rotatable bonds is 5. The van der Waals surface area contributed by atoms with Gasteiger partial charge in [-0.3, -0.25) is 9.59 Å². The molecule has 0 saturated carbocycles. The molecule has 7 nitrogen and oxygen atoms in total. The van der Waals surface area contributed by atoms with Crippen LogP contribution >= 0.6 is 0 Å². The summed E-state index contributed by atoms with van der Waals surface area (Å²) in [6.45, 7) is 0. The zero-order chi connectivity index (χ0) is 26.1. The Kier molecular flexibility index (Phi) is 6.01. The molecule has 0 atom stereocenters. The number of nitrogens with one attached hydrogen (secondary N) is 2. The highest BCUT2D eigenvalue weighted by atomic mass is 16.5. The predicted molar refractivity (Wildman–Crippen MR) is 150 cm³/mol. The third-order valence-corrected chi connectivity index (χ3v) is 6.55. The molecule has 2 N–H and O–H groups in total. The molecule has 4 aromatic rings. The third-order valence-electron chi connectivity index (χ3n) is 6.55. The summed E-state index contributed by atoms with van der Waals surface area (Å²) in [5, 5.41) is 0. The van der Waals surface area contributed by atoms with Crippen molar-refractivity contribution in [2.24, 2.45) is 0 Å². The number of aromatic amines is 2. The highest BCUT2D eigenvalue weighted by Gasteiger charge is 2.16. The molecule has 0 amide bonds. The van der Waals surface area contributed by atoms with Gasteiger partial charge in [-0.25, -0.2) is 9.97 Å². The van der Waals surface area contributed by atoms with Gasteiger partial charge in [0.05, 0.1) is 35.4 Å². The molecule has 0 aliphatic carbocycles. The molecule has 38 heavy (non-hydrogen) atoms. The lowest BCUT2D eigenvalue weighted by molar-refractivity contribution is -0.140. The molecule has 2 aliphatic heterocycles. The third kappa shape index (κ3) is 4.69. The molecule has 2 aliphatic rings. The van der Waals surface area contributed by atoms with Crippen LogP contribution in [0.5, 0.6) is 0 Å². The Hall–Kier alpha value is -5.04. The van der Waals surface area contributed by atoms with Gasteiger partial charge in [0.2, 0.25) is 0 Å². The van der Waals surface area contributed by atoms with Crippen molar-refractivity contribution in [1.29, 1.82) is 0 Å². The van der Waals surface area contributed by atoms with Crippen molar-refractivity contribution in [2.45, 2.75) is 12.8 Å². The number of aryl methyl sites for hydroxylation is 1. The van der Waals surface area contributed by atoms with Crippen LogP contribution in [0, 0.1) is 0 Å². The number of nitrogens with zero attached hydrogens (tertiary/aromatic N) is 2. The summed E-state index contributed by atoms with van der Waals surface area (Å²) in [4.78, 5) is 40.3. The first kappa shape index (κ1) is 23.4. The molecule has 0 radical (unpaired) electrons. The van der Waals surface area contributed by atoms with Crippen LogP contribution in [0.25, 0.3) is 57.5 Å². The summed E-state index contributed by atoms with van der Waals surface area (Å²) in [5.74, 6) is -0.278. The largest absolute Gasteiger partial charge is 0.469 e. The number of fused-ring (bicyclic) bond motifs is 8. The van der Waals surface area contributed by atoms with Gasteiger partial charge < -0.3 is 14.7 Å². The number of carbonyl (C=O) groups excluding carboxylic acids is 2. The fraction of sp³-hybridized carbons (Fsp3) is 0.0968. The van der Waals surface area contributed by atoms with Crippen molar-refractivity contribution < 1.29 is 14.3 Å². The molecular weight excluding hydrogens is 476 g/mol. The molecule has 3 aromatic heterocycles.